The molecule has 1 N–H and O–H groups in total. The second-order valence-corrected chi connectivity index (χ2v) is 5.97. The van der Waals surface area contributed by atoms with Crippen LogP contribution in [0.2, 0.25) is 0 Å². The van der Waals surface area contributed by atoms with Crippen LogP contribution in [0.1, 0.15) is 34.4 Å². The third-order valence-corrected chi connectivity index (χ3v) is 4.24. The zero-order valence-corrected chi connectivity index (χ0v) is 12.2. The molecule has 0 spiro atoms. The Morgan fingerprint density at radius 3 is 2.83 bits per heavy atom. The van der Waals surface area contributed by atoms with E-state index in [1.54, 1.807) is 0 Å². The molecule has 0 aliphatic rings. The third kappa shape index (κ3) is 3.21. The zero-order chi connectivity index (χ0) is 13.0. The van der Waals surface area contributed by atoms with Crippen LogP contribution in [0.4, 0.5) is 0 Å². The fourth-order valence-electron chi connectivity index (χ4n) is 1.99. The van der Waals surface area contributed by atoms with Gasteiger partial charge in [0.15, 0.2) is 0 Å². The van der Waals surface area contributed by atoms with Crippen molar-refractivity contribution in [2.75, 3.05) is 0 Å². The average Bonchev–Trinajstić information content (AvgIpc) is 2.89. The van der Waals surface area contributed by atoms with E-state index in [1.807, 2.05) is 23.9 Å². The molecule has 2 heterocycles. The summed E-state index contributed by atoms with van der Waals surface area (Å²) in [5.74, 6) is 0. The summed E-state index contributed by atoms with van der Waals surface area (Å²) in [4.78, 5) is 7.04. The lowest BCUT2D eigenvalue weighted by Gasteiger charge is -2.07. The second kappa shape index (κ2) is 6.16. The molecule has 0 aromatic carbocycles. The van der Waals surface area contributed by atoms with Gasteiger partial charge in [0.2, 0.25) is 0 Å². The van der Waals surface area contributed by atoms with E-state index >= 15 is 0 Å². The van der Waals surface area contributed by atoms with Gasteiger partial charge in [-0.2, -0.15) is 0 Å². The molecule has 0 fully saturated rings. The van der Waals surface area contributed by atoms with E-state index in [4.69, 9.17) is 0 Å². The van der Waals surface area contributed by atoms with E-state index in [-0.39, 0.29) is 0 Å². The first-order chi connectivity index (χ1) is 8.70. The monoisotopic (exact) mass is 263 g/mol. The summed E-state index contributed by atoms with van der Waals surface area (Å²) in [6, 6.07) is 2.27. The maximum atomic E-state index is 4.21. The number of hydrogen-bond acceptors (Lipinski definition) is 3. The summed E-state index contributed by atoms with van der Waals surface area (Å²) in [5.41, 5.74) is 2.66. The van der Waals surface area contributed by atoms with Crippen molar-refractivity contribution in [2.45, 2.75) is 46.8 Å². The molecule has 18 heavy (non-hydrogen) atoms. The van der Waals surface area contributed by atoms with Crippen LogP contribution in [-0.2, 0) is 19.6 Å². The number of hydrogen-bond donors (Lipinski definition) is 1. The van der Waals surface area contributed by atoms with Crippen LogP contribution >= 0.6 is 11.3 Å². The summed E-state index contributed by atoms with van der Waals surface area (Å²) in [6.07, 6.45) is 5.01. The SMILES string of the molecule is CCCn1cncc1CNCc1cc(C)c(C)s1. The van der Waals surface area contributed by atoms with Crippen molar-refractivity contribution in [2.24, 2.45) is 0 Å². The van der Waals surface area contributed by atoms with Gasteiger partial charge in [-0.15, -0.1) is 11.3 Å². The van der Waals surface area contributed by atoms with Crippen LogP contribution in [0.25, 0.3) is 0 Å². The normalized spacial score (nSPS) is 11.1. The van der Waals surface area contributed by atoms with E-state index in [1.165, 1.54) is 21.0 Å². The lowest BCUT2D eigenvalue weighted by Crippen LogP contribution is -2.15. The standard InChI is InChI=1S/C14H21N3S/c1-4-5-17-10-16-8-13(17)7-15-9-14-6-11(2)12(3)18-14/h6,8,10,15H,4-5,7,9H2,1-3H3. The van der Waals surface area contributed by atoms with E-state index in [0.717, 1.165) is 26.1 Å². The van der Waals surface area contributed by atoms with Crippen LogP contribution in [0.5, 0.6) is 0 Å². The predicted molar refractivity (Wildman–Crippen MR) is 76.9 cm³/mol. The Bertz CT molecular complexity index is 479. The Labute approximate surface area is 113 Å². The van der Waals surface area contributed by atoms with Gasteiger partial charge in [-0.05, 0) is 31.9 Å². The smallest absolute Gasteiger partial charge is 0.0948 e. The van der Waals surface area contributed by atoms with Gasteiger partial charge >= 0.3 is 0 Å². The van der Waals surface area contributed by atoms with Crippen LogP contribution < -0.4 is 5.32 Å². The third-order valence-electron chi connectivity index (χ3n) is 3.09. The number of rotatable bonds is 6. The van der Waals surface area contributed by atoms with Crippen LogP contribution in [-0.4, -0.2) is 9.55 Å². The molecule has 2 aromatic rings. The summed E-state index contributed by atoms with van der Waals surface area (Å²) in [5, 5.41) is 3.49. The van der Waals surface area contributed by atoms with E-state index < -0.39 is 0 Å². The quantitative estimate of drug-likeness (QED) is 0.867. The van der Waals surface area contributed by atoms with Gasteiger partial charge in [0.05, 0.1) is 12.0 Å². The van der Waals surface area contributed by atoms with Crippen molar-refractivity contribution in [1.82, 2.24) is 14.9 Å². The van der Waals surface area contributed by atoms with Gasteiger partial charge in [-0.1, -0.05) is 6.92 Å². The molecule has 0 saturated heterocycles. The first kappa shape index (κ1) is 13.3. The minimum atomic E-state index is 0.885. The maximum absolute atomic E-state index is 4.21. The van der Waals surface area contributed by atoms with Crippen molar-refractivity contribution in [3.05, 3.63) is 39.6 Å². The topological polar surface area (TPSA) is 29.9 Å². The van der Waals surface area contributed by atoms with Gasteiger partial charge < -0.3 is 9.88 Å². The second-order valence-electron chi connectivity index (χ2n) is 4.63. The van der Waals surface area contributed by atoms with Crippen molar-refractivity contribution in [3.8, 4) is 0 Å². The molecule has 2 aromatic heterocycles. The molecule has 0 saturated carbocycles. The molecule has 0 aliphatic heterocycles. The van der Waals surface area contributed by atoms with Crippen molar-refractivity contribution in [1.29, 1.82) is 0 Å². The fourth-order valence-corrected chi connectivity index (χ4v) is 3.01. The Balaban J connectivity index is 1.86. The number of imidazole rings is 1. The molecule has 98 valence electrons. The lowest BCUT2D eigenvalue weighted by atomic mass is 10.3. The zero-order valence-electron chi connectivity index (χ0n) is 11.4. The van der Waals surface area contributed by atoms with Gasteiger partial charge in [0.1, 0.15) is 0 Å². The van der Waals surface area contributed by atoms with Crippen molar-refractivity contribution >= 4 is 11.3 Å². The van der Waals surface area contributed by atoms with Crippen molar-refractivity contribution < 1.29 is 0 Å². The highest BCUT2D eigenvalue weighted by atomic mass is 32.1. The summed E-state index contributed by atoms with van der Waals surface area (Å²) >= 11 is 1.88. The first-order valence-electron chi connectivity index (χ1n) is 6.46. The van der Waals surface area contributed by atoms with Crippen LogP contribution in [0.3, 0.4) is 0 Å². The van der Waals surface area contributed by atoms with Gasteiger partial charge in [0, 0.05) is 35.6 Å². The van der Waals surface area contributed by atoms with Crippen LogP contribution in [0, 0.1) is 13.8 Å². The molecule has 3 nitrogen and oxygen atoms in total. The Morgan fingerprint density at radius 1 is 1.33 bits per heavy atom. The molecule has 4 heteroatoms. The number of aryl methyl sites for hydroxylation is 3. The number of aromatic nitrogens is 2. The fraction of sp³-hybridized carbons (Fsp3) is 0.500. The Hall–Kier alpha value is -1.13. The average molecular weight is 263 g/mol. The summed E-state index contributed by atoms with van der Waals surface area (Å²) < 4.78 is 2.22. The van der Waals surface area contributed by atoms with Gasteiger partial charge in [-0.25, -0.2) is 4.98 Å². The largest absolute Gasteiger partial charge is 0.333 e. The molecule has 0 radical (unpaired) electrons. The highest BCUT2D eigenvalue weighted by Crippen LogP contribution is 2.20. The molecule has 0 aliphatic carbocycles. The number of thiophene rings is 1. The molecular weight excluding hydrogens is 242 g/mol. The Kier molecular flexibility index (Phi) is 4.55. The Morgan fingerprint density at radius 2 is 2.17 bits per heavy atom. The van der Waals surface area contributed by atoms with Crippen molar-refractivity contribution in [3.63, 3.8) is 0 Å². The first-order valence-corrected chi connectivity index (χ1v) is 7.28. The highest BCUT2D eigenvalue weighted by molar-refractivity contribution is 7.12. The molecule has 0 unspecified atom stereocenters. The number of nitrogens with one attached hydrogen (secondary N) is 1. The molecule has 2 rings (SSSR count). The molecular formula is C14H21N3S. The minimum Gasteiger partial charge on any atom is -0.333 e. The highest BCUT2D eigenvalue weighted by Gasteiger charge is 2.03. The minimum absolute atomic E-state index is 0.885. The lowest BCUT2D eigenvalue weighted by molar-refractivity contribution is 0.603. The summed E-state index contributed by atoms with van der Waals surface area (Å²) in [6.45, 7) is 9.42. The molecule has 0 atom stereocenters. The maximum Gasteiger partial charge on any atom is 0.0948 e. The predicted octanol–water partition coefficient (Wildman–Crippen LogP) is 3.26. The van der Waals surface area contributed by atoms with E-state index in [2.05, 4.69) is 41.7 Å². The molecule has 0 bridgehead atoms. The molecule has 0 amide bonds. The van der Waals surface area contributed by atoms with Gasteiger partial charge in [-0.3, -0.25) is 0 Å². The van der Waals surface area contributed by atoms with Gasteiger partial charge in [0.25, 0.3) is 0 Å². The van der Waals surface area contributed by atoms with E-state index in [0.29, 0.717) is 0 Å². The van der Waals surface area contributed by atoms with Crippen LogP contribution in [0.15, 0.2) is 18.6 Å². The van der Waals surface area contributed by atoms with E-state index in [9.17, 15) is 0 Å². The number of nitrogens with zero attached hydrogens (tertiary/aromatic N) is 2. The summed E-state index contributed by atoms with van der Waals surface area (Å²) in [7, 11) is 0.